The molecule has 5 unspecified atom stereocenters. The van der Waals surface area contributed by atoms with E-state index >= 15 is 0 Å². The number of ether oxygens (including phenoxy) is 5. The second-order valence-corrected chi connectivity index (χ2v) is 4.34. The van der Waals surface area contributed by atoms with Crippen LogP contribution in [0.4, 0.5) is 0 Å². The van der Waals surface area contributed by atoms with Crippen LogP contribution in [0.25, 0.3) is 0 Å². The quantitative estimate of drug-likeness (QED) is 0.659. The van der Waals surface area contributed by atoms with E-state index in [9.17, 15) is 14.7 Å². The maximum absolute atomic E-state index is 11.2. The van der Waals surface area contributed by atoms with E-state index in [-0.39, 0.29) is 6.61 Å². The average molecular weight is 292 g/mol. The molecule has 5 atom stereocenters. The molecular weight excluding hydrogens is 272 g/mol. The monoisotopic (exact) mass is 292 g/mol. The Hall–Kier alpha value is -1.22. The Morgan fingerprint density at radius 2 is 1.65 bits per heavy atom. The molecule has 1 rings (SSSR count). The molecule has 8 nitrogen and oxygen atoms in total. The first-order valence-corrected chi connectivity index (χ1v) is 6.10. The lowest BCUT2D eigenvalue weighted by Crippen LogP contribution is -2.61. The van der Waals surface area contributed by atoms with Crippen LogP contribution in [0.5, 0.6) is 0 Å². The van der Waals surface area contributed by atoms with Crippen LogP contribution in [0.15, 0.2) is 0 Å². The third kappa shape index (κ3) is 4.14. The summed E-state index contributed by atoms with van der Waals surface area (Å²) in [5, 5.41) is 9.87. The molecule has 1 aliphatic heterocycles. The van der Waals surface area contributed by atoms with Crippen LogP contribution < -0.4 is 0 Å². The Balaban J connectivity index is 2.87. The number of esters is 2. The topological polar surface area (TPSA) is 101 Å². The van der Waals surface area contributed by atoms with Crippen molar-refractivity contribution in [1.29, 1.82) is 0 Å². The summed E-state index contributed by atoms with van der Waals surface area (Å²) in [5.41, 5.74) is 0. The molecule has 1 saturated heterocycles. The van der Waals surface area contributed by atoms with Crippen molar-refractivity contribution in [3.05, 3.63) is 0 Å². The molecule has 1 heterocycles. The lowest BCUT2D eigenvalue weighted by atomic mass is 9.98. The molecule has 1 aliphatic rings. The molecule has 0 aromatic rings. The van der Waals surface area contributed by atoms with Crippen molar-refractivity contribution in [2.24, 2.45) is 0 Å². The van der Waals surface area contributed by atoms with Gasteiger partial charge in [-0.2, -0.15) is 0 Å². The summed E-state index contributed by atoms with van der Waals surface area (Å²) in [6.45, 7) is 2.37. The highest BCUT2D eigenvalue weighted by molar-refractivity contribution is 5.66. The standard InChI is InChI=1S/C12H20O8/c1-6(13)18-5-8-9(16-3)10(19-7(2)14)11(17-4)12(15)20-8/h8-12,15H,5H2,1-4H3. The number of methoxy groups -OCH3 is 2. The maximum Gasteiger partial charge on any atom is 0.303 e. The molecule has 1 N–H and O–H groups in total. The van der Waals surface area contributed by atoms with Crippen molar-refractivity contribution in [2.45, 2.75) is 44.6 Å². The minimum Gasteiger partial charge on any atom is -0.463 e. The first-order chi connectivity index (χ1) is 9.40. The van der Waals surface area contributed by atoms with Gasteiger partial charge in [0.1, 0.15) is 24.9 Å². The van der Waals surface area contributed by atoms with Crippen LogP contribution in [0, 0.1) is 0 Å². The SMILES string of the molecule is COC1C(O)OC(COC(C)=O)C(OC)C1OC(C)=O. The van der Waals surface area contributed by atoms with Gasteiger partial charge in [-0.1, -0.05) is 0 Å². The Morgan fingerprint density at radius 1 is 1.05 bits per heavy atom. The van der Waals surface area contributed by atoms with Crippen molar-refractivity contribution >= 4 is 11.9 Å². The molecule has 0 bridgehead atoms. The Bertz CT molecular complexity index is 344. The highest BCUT2D eigenvalue weighted by Crippen LogP contribution is 2.26. The fraction of sp³-hybridized carbons (Fsp3) is 0.833. The Morgan fingerprint density at radius 3 is 2.10 bits per heavy atom. The lowest BCUT2D eigenvalue weighted by Gasteiger charge is -2.42. The fourth-order valence-electron chi connectivity index (χ4n) is 2.09. The average Bonchev–Trinajstić information content (AvgIpc) is 2.35. The van der Waals surface area contributed by atoms with E-state index in [1.807, 2.05) is 0 Å². The zero-order valence-electron chi connectivity index (χ0n) is 11.9. The van der Waals surface area contributed by atoms with Crippen molar-refractivity contribution in [1.82, 2.24) is 0 Å². The van der Waals surface area contributed by atoms with E-state index in [2.05, 4.69) is 0 Å². The highest BCUT2D eigenvalue weighted by atomic mass is 16.7. The third-order valence-electron chi connectivity index (χ3n) is 2.91. The molecule has 0 aliphatic carbocycles. The van der Waals surface area contributed by atoms with E-state index in [0.717, 1.165) is 0 Å². The Labute approximate surface area is 116 Å². The summed E-state index contributed by atoms with van der Waals surface area (Å²) in [6, 6.07) is 0. The number of hydrogen-bond acceptors (Lipinski definition) is 8. The molecular formula is C12H20O8. The van der Waals surface area contributed by atoms with Gasteiger partial charge in [-0.25, -0.2) is 0 Å². The zero-order valence-corrected chi connectivity index (χ0v) is 11.9. The van der Waals surface area contributed by atoms with Gasteiger partial charge in [0, 0.05) is 28.1 Å². The van der Waals surface area contributed by atoms with E-state index < -0.39 is 42.6 Å². The van der Waals surface area contributed by atoms with E-state index in [4.69, 9.17) is 23.7 Å². The number of aliphatic hydroxyl groups is 1. The van der Waals surface area contributed by atoms with Gasteiger partial charge in [0.2, 0.25) is 0 Å². The van der Waals surface area contributed by atoms with Crippen molar-refractivity contribution in [3.63, 3.8) is 0 Å². The first-order valence-electron chi connectivity index (χ1n) is 6.10. The summed E-state index contributed by atoms with van der Waals surface area (Å²) in [4.78, 5) is 22.0. The number of carbonyl (C=O) groups is 2. The fourth-order valence-corrected chi connectivity index (χ4v) is 2.09. The number of rotatable bonds is 5. The summed E-state index contributed by atoms with van der Waals surface area (Å²) in [6.07, 6.45) is -4.58. The van der Waals surface area contributed by atoms with Crippen LogP contribution in [0.1, 0.15) is 13.8 Å². The highest BCUT2D eigenvalue weighted by Gasteiger charge is 2.48. The predicted octanol–water partition coefficient (Wildman–Crippen LogP) is -0.772. The zero-order chi connectivity index (χ0) is 15.3. The second-order valence-electron chi connectivity index (χ2n) is 4.34. The van der Waals surface area contributed by atoms with Crippen LogP contribution in [-0.2, 0) is 33.3 Å². The van der Waals surface area contributed by atoms with Gasteiger partial charge in [0.15, 0.2) is 12.4 Å². The van der Waals surface area contributed by atoms with Gasteiger partial charge in [0.25, 0.3) is 0 Å². The molecule has 0 radical (unpaired) electrons. The van der Waals surface area contributed by atoms with Crippen LogP contribution in [0.2, 0.25) is 0 Å². The van der Waals surface area contributed by atoms with Crippen molar-refractivity contribution < 1.29 is 38.4 Å². The van der Waals surface area contributed by atoms with Gasteiger partial charge in [-0.3, -0.25) is 9.59 Å². The smallest absolute Gasteiger partial charge is 0.303 e. The molecule has 0 aromatic heterocycles. The van der Waals surface area contributed by atoms with Crippen LogP contribution in [0.3, 0.4) is 0 Å². The predicted molar refractivity (Wildman–Crippen MR) is 64.7 cm³/mol. The number of hydrogen-bond donors (Lipinski definition) is 1. The second kappa shape index (κ2) is 7.53. The normalized spacial score (nSPS) is 33.5. The third-order valence-corrected chi connectivity index (χ3v) is 2.91. The van der Waals surface area contributed by atoms with Gasteiger partial charge in [-0.05, 0) is 0 Å². The maximum atomic E-state index is 11.2. The molecule has 0 saturated carbocycles. The van der Waals surface area contributed by atoms with E-state index in [1.165, 1.54) is 28.1 Å². The summed E-state index contributed by atoms with van der Waals surface area (Å²) < 4.78 is 25.6. The van der Waals surface area contributed by atoms with E-state index in [0.29, 0.717) is 0 Å². The molecule has 0 spiro atoms. The molecule has 0 amide bonds. The first kappa shape index (κ1) is 16.8. The Kier molecular flexibility index (Phi) is 6.34. The van der Waals surface area contributed by atoms with Crippen molar-refractivity contribution in [2.75, 3.05) is 20.8 Å². The van der Waals surface area contributed by atoms with Crippen LogP contribution >= 0.6 is 0 Å². The van der Waals surface area contributed by atoms with E-state index in [1.54, 1.807) is 0 Å². The minimum absolute atomic E-state index is 0.126. The molecule has 116 valence electrons. The molecule has 0 aromatic carbocycles. The van der Waals surface area contributed by atoms with Crippen molar-refractivity contribution in [3.8, 4) is 0 Å². The van der Waals surface area contributed by atoms with Gasteiger partial charge in [-0.15, -0.1) is 0 Å². The van der Waals surface area contributed by atoms with Gasteiger partial charge in [0.05, 0.1) is 0 Å². The number of carbonyl (C=O) groups excluding carboxylic acids is 2. The number of aliphatic hydroxyl groups excluding tert-OH is 1. The molecule has 8 heteroatoms. The summed E-state index contributed by atoms with van der Waals surface area (Å²) >= 11 is 0. The van der Waals surface area contributed by atoms with Gasteiger partial charge < -0.3 is 28.8 Å². The summed E-state index contributed by atoms with van der Waals surface area (Å²) in [5.74, 6) is -1.03. The van der Waals surface area contributed by atoms with Gasteiger partial charge >= 0.3 is 11.9 Å². The molecule has 20 heavy (non-hydrogen) atoms. The summed E-state index contributed by atoms with van der Waals surface area (Å²) in [7, 11) is 2.75. The van der Waals surface area contributed by atoms with Crippen LogP contribution in [-0.4, -0.2) is 68.6 Å². The largest absolute Gasteiger partial charge is 0.463 e. The molecule has 1 fully saturated rings. The minimum atomic E-state index is -1.32. The lowest BCUT2D eigenvalue weighted by molar-refractivity contribution is -0.298.